The number of hydrogen-bond acceptors (Lipinski definition) is 6. The molecule has 2 aliphatic carbocycles. The number of ether oxygens (including phenoxy) is 2. The Morgan fingerprint density at radius 1 is 0.969 bits per heavy atom. The average Bonchev–Trinajstić information content (AvgIpc) is 3.36. The maximum atomic E-state index is 12.8. The van der Waals surface area contributed by atoms with Gasteiger partial charge >= 0.3 is 5.97 Å². The highest BCUT2D eigenvalue weighted by atomic mass is 17.0. The van der Waals surface area contributed by atoms with Crippen LogP contribution >= 0.6 is 0 Å². The van der Waals surface area contributed by atoms with E-state index in [1.165, 1.54) is 12.0 Å². The largest absolute Gasteiger partial charge is 0.456 e. The van der Waals surface area contributed by atoms with Crippen LogP contribution in [0.1, 0.15) is 53.9 Å². The van der Waals surface area contributed by atoms with E-state index in [9.17, 15) is 4.79 Å². The van der Waals surface area contributed by atoms with Gasteiger partial charge in [-0.2, -0.15) is 0 Å². The zero-order valence-electron chi connectivity index (χ0n) is 18.0. The van der Waals surface area contributed by atoms with Gasteiger partial charge in [0.05, 0.1) is 24.2 Å². The van der Waals surface area contributed by atoms with Crippen molar-refractivity contribution >= 4 is 5.97 Å². The average molecular weight is 436 g/mol. The lowest BCUT2D eigenvalue weighted by molar-refractivity contribution is -0.451. The Morgan fingerprint density at radius 2 is 1.72 bits per heavy atom. The minimum Gasteiger partial charge on any atom is -0.456 e. The van der Waals surface area contributed by atoms with Crippen molar-refractivity contribution in [2.24, 2.45) is 11.8 Å². The zero-order chi connectivity index (χ0) is 21.5. The number of carbonyl (C=O) groups is 1. The predicted octanol–water partition coefficient (Wildman–Crippen LogP) is 4.48. The molecule has 2 aromatic rings. The number of esters is 1. The molecule has 2 saturated carbocycles. The van der Waals surface area contributed by atoms with Crippen LogP contribution in [0.3, 0.4) is 0 Å². The zero-order valence-corrected chi connectivity index (χ0v) is 18.0. The molecule has 2 saturated heterocycles. The van der Waals surface area contributed by atoms with E-state index in [0.717, 1.165) is 25.7 Å². The van der Waals surface area contributed by atoms with Gasteiger partial charge in [-0.05, 0) is 37.0 Å². The lowest BCUT2D eigenvalue weighted by Gasteiger charge is -2.42. The topological polar surface area (TPSA) is 57.2 Å². The number of carbonyl (C=O) groups excluding carboxylic acids is 1. The summed E-state index contributed by atoms with van der Waals surface area (Å²) in [7, 11) is 0. The van der Waals surface area contributed by atoms with Crippen LogP contribution < -0.4 is 0 Å². The van der Waals surface area contributed by atoms with Crippen molar-refractivity contribution in [3.05, 3.63) is 71.8 Å². The fraction of sp³-hybridized carbons (Fsp3) is 0.500. The molecule has 7 atom stereocenters. The highest BCUT2D eigenvalue weighted by Gasteiger charge is 2.61. The molecule has 0 N–H and O–H groups in total. The van der Waals surface area contributed by atoms with Gasteiger partial charge in [0.25, 0.3) is 0 Å². The van der Waals surface area contributed by atoms with Crippen LogP contribution in [0.15, 0.2) is 60.7 Å². The summed E-state index contributed by atoms with van der Waals surface area (Å²) in [6, 6.07) is 19.7. The van der Waals surface area contributed by atoms with Gasteiger partial charge < -0.3 is 9.47 Å². The van der Waals surface area contributed by atoms with E-state index in [4.69, 9.17) is 19.1 Å². The van der Waals surface area contributed by atoms with Crippen molar-refractivity contribution in [1.29, 1.82) is 0 Å². The van der Waals surface area contributed by atoms with E-state index in [1.807, 2.05) is 18.2 Å². The molecule has 2 aliphatic heterocycles. The van der Waals surface area contributed by atoms with Crippen molar-refractivity contribution in [3.63, 3.8) is 0 Å². The second-order valence-corrected chi connectivity index (χ2v) is 9.42. The molecule has 6 rings (SSSR count). The van der Waals surface area contributed by atoms with Crippen LogP contribution in [0.4, 0.5) is 0 Å². The van der Waals surface area contributed by atoms with Crippen LogP contribution in [0.25, 0.3) is 0 Å². The highest BCUT2D eigenvalue weighted by molar-refractivity contribution is 5.89. The van der Waals surface area contributed by atoms with Crippen molar-refractivity contribution in [3.8, 4) is 0 Å². The van der Waals surface area contributed by atoms with Gasteiger partial charge in [-0.3, -0.25) is 4.84 Å². The van der Waals surface area contributed by atoms with E-state index in [-0.39, 0.29) is 30.1 Å². The quantitative estimate of drug-likeness (QED) is 0.646. The van der Waals surface area contributed by atoms with Gasteiger partial charge in [0.2, 0.25) is 0 Å². The normalized spacial score (nSPS) is 36.2. The van der Waals surface area contributed by atoms with E-state index in [0.29, 0.717) is 24.0 Å². The van der Waals surface area contributed by atoms with E-state index in [2.05, 4.69) is 30.3 Å². The summed E-state index contributed by atoms with van der Waals surface area (Å²) < 4.78 is 12.7. The Morgan fingerprint density at radius 3 is 2.53 bits per heavy atom. The first-order chi connectivity index (χ1) is 15.8. The molecule has 6 nitrogen and oxygen atoms in total. The second-order valence-electron chi connectivity index (χ2n) is 9.42. The van der Waals surface area contributed by atoms with Gasteiger partial charge in [-0.15, -0.1) is 0 Å². The van der Waals surface area contributed by atoms with Crippen LogP contribution in [0.2, 0.25) is 0 Å². The lowest BCUT2D eigenvalue weighted by atomic mass is 9.81. The third-order valence-electron chi connectivity index (χ3n) is 7.52. The molecule has 32 heavy (non-hydrogen) atoms. The first kappa shape index (κ1) is 20.4. The Hall–Kier alpha value is -2.25. The number of nitrogens with zero attached hydrogens (tertiary/aromatic N) is 1. The lowest BCUT2D eigenvalue weighted by Crippen LogP contribution is -2.54. The van der Waals surface area contributed by atoms with Gasteiger partial charge in [-0.1, -0.05) is 66.6 Å². The van der Waals surface area contributed by atoms with Gasteiger partial charge in [0.15, 0.2) is 6.29 Å². The minimum atomic E-state index is -0.473. The Bertz CT molecular complexity index is 938. The number of hydroxylamine groups is 2. The van der Waals surface area contributed by atoms with Crippen LogP contribution in [-0.4, -0.2) is 42.3 Å². The molecule has 2 bridgehead atoms. The molecular weight excluding hydrogens is 406 g/mol. The molecule has 0 spiro atoms. The number of fused-ring (bicyclic) bond motifs is 1. The highest BCUT2D eigenvalue weighted by Crippen LogP contribution is 2.49. The summed E-state index contributed by atoms with van der Waals surface area (Å²) in [6.07, 6.45) is 4.68. The van der Waals surface area contributed by atoms with Gasteiger partial charge in [0.1, 0.15) is 12.1 Å². The Labute approximate surface area is 188 Å². The third kappa shape index (κ3) is 3.65. The van der Waals surface area contributed by atoms with Crippen LogP contribution in [-0.2, 0) is 19.1 Å². The molecular formula is C26H29NO5. The molecule has 0 amide bonds. The van der Waals surface area contributed by atoms with E-state index in [1.54, 1.807) is 17.4 Å². The standard InChI is InChI=1S/C26H29NO5/c28-25(18-11-5-2-6-12-18)31-24-21-15-19-16-29-27(23(19)24)32-26(21)30-22-14-8-7-13-20(22)17-9-3-1-4-10-17/h1-6,9-12,19-24,26H,7-8,13-16H2/t19-,20+,21-,22-,23+,24-,26+/m1/s1. The molecule has 0 aromatic heterocycles. The summed E-state index contributed by atoms with van der Waals surface area (Å²) in [6.45, 7) is 0.601. The summed E-state index contributed by atoms with van der Waals surface area (Å²) in [5.74, 6) is 0.356. The Balaban J connectivity index is 1.22. The first-order valence-corrected chi connectivity index (χ1v) is 11.8. The van der Waals surface area contributed by atoms with Crippen molar-refractivity contribution in [2.45, 2.75) is 62.6 Å². The number of hydrogen-bond donors (Lipinski definition) is 0. The van der Waals surface area contributed by atoms with E-state index >= 15 is 0 Å². The monoisotopic (exact) mass is 435 g/mol. The SMILES string of the molecule is O=C(O[C@@H]1[C@H]2C[C@@H]3CON(O[C@@H]2O[C@@H]2CCCC[C@H]2c2ccccc2)[C@@H]31)c1ccccc1. The summed E-state index contributed by atoms with van der Waals surface area (Å²) >= 11 is 0. The molecule has 0 radical (unpaired) electrons. The smallest absolute Gasteiger partial charge is 0.338 e. The number of rotatable bonds is 5. The molecule has 6 heteroatoms. The van der Waals surface area contributed by atoms with E-state index < -0.39 is 6.29 Å². The third-order valence-corrected chi connectivity index (χ3v) is 7.52. The molecule has 2 heterocycles. The molecule has 4 fully saturated rings. The maximum Gasteiger partial charge on any atom is 0.338 e. The summed E-state index contributed by atoms with van der Waals surface area (Å²) in [4.78, 5) is 24.8. The summed E-state index contributed by atoms with van der Waals surface area (Å²) in [5.41, 5.74) is 1.89. The molecule has 168 valence electrons. The minimum absolute atomic E-state index is 0.0103. The van der Waals surface area contributed by atoms with Crippen LogP contribution in [0, 0.1) is 11.8 Å². The molecule has 4 aliphatic rings. The predicted molar refractivity (Wildman–Crippen MR) is 116 cm³/mol. The van der Waals surface area contributed by atoms with Crippen molar-refractivity contribution in [1.82, 2.24) is 5.23 Å². The molecule has 0 unspecified atom stereocenters. The van der Waals surface area contributed by atoms with Crippen LogP contribution in [0.5, 0.6) is 0 Å². The fourth-order valence-corrected chi connectivity index (χ4v) is 5.97. The summed E-state index contributed by atoms with van der Waals surface area (Å²) in [5, 5.41) is 1.56. The van der Waals surface area contributed by atoms with Gasteiger partial charge in [-0.25, -0.2) is 9.63 Å². The second kappa shape index (κ2) is 8.60. The number of benzene rings is 2. The van der Waals surface area contributed by atoms with Gasteiger partial charge in [0, 0.05) is 11.8 Å². The van der Waals surface area contributed by atoms with Crippen molar-refractivity contribution < 1.29 is 23.9 Å². The maximum absolute atomic E-state index is 12.8. The first-order valence-electron chi connectivity index (χ1n) is 11.8. The Kier molecular flexibility index (Phi) is 5.47. The van der Waals surface area contributed by atoms with Crippen molar-refractivity contribution in [2.75, 3.05) is 6.61 Å². The fourth-order valence-electron chi connectivity index (χ4n) is 5.97. The molecule has 2 aromatic carbocycles.